The molecule has 0 aromatic carbocycles. The van der Waals surface area contributed by atoms with Crippen molar-refractivity contribution in [2.75, 3.05) is 20.2 Å². The maximum absolute atomic E-state index is 5.96. The van der Waals surface area contributed by atoms with Crippen molar-refractivity contribution in [2.45, 2.75) is 84.8 Å². The van der Waals surface area contributed by atoms with Gasteiger partial charge in [0.15, 0.2) is 11.8 Å². The molecular formula is C20H37N5O2. The van der Waals surface area contributed by atoms with Crippen molar-refractivity contribution in [1.82, 2.24) is 20.8 Å². The highest BCUT2D eigenvalue weighted by molar-refractivity contribution is 5.80. The van der Waals surface area contributed by atoms with Gasteiger partial charge in [-0.05, 0) is 32.6 Å². The zero-order valence-corrected chi connectivity index (χ0v) is 17.8. The predicted molar refractivity (Wildman–Crippen MR) is 108 cm³/mol. The van der Waals surface area contributed by atoms with Gasteiger partial charge in [0.25, 0.3) is 0 Å². The first-order chi connectivity index (χ1) is 13.0. The van der Waals surface area contributed by atoms with Gasteiger partial charge >= 0.3 is 0 Å². The minimum absolute atomic E-state index is 0.199. The van der Waals surface area contributed by atoms with Crippen LogP contribution in [0, 0.1) is 5.41 Å². The van der Waals surface area contributed by atoms with Crippen molar-refractivity contribution in [1.29, 1.82) is 0 Å². The van der Waals surface area contributed by atoms with Gasteiger partial charge in [-0.25, -0.2) is 0 Å². The van der Waals surface area contributed by atoms with Crippen LogP contribution < -0.4 is 10.6 Å². The van der Waals surface area contributed by atoms with E-state index in [2.05, 4.69) is 60.4 Å². The lowest BCUT2D eigenvalue weighted by atomic mass is 9.58. The Kier molecular flexibility index (Phi) is 8.07. The van der Waals surface area contributed by atoms with E-state index in [1.165, 1.54) is 0 Å². The number of aryl methyl sites for hydroxylation is 1. The molecule has 0 radical (unpaired) electrons. The molecule has 0 saturated heterocycles. The molecule has 1 aromatic heterocycles. The van der Waals surface area contributed by atoms with Crippen molar-refractivity contribution >= 4 is 5.96 Å². The van der Waals surface area contributed by atoms with E-state index in [0.717, 1.165) is 57.0 Å². The highest BCUT2D eigenvalue weighted by atomic mass is 16.5. The van der Waals surface area contributed by atoms with Gasteiger partial charge in [0.1, 0.15) is 0 Å². The van der Waals surface area contributed by atoms with E-state index in [0.29, 0.717) is 24.0 Å². The molecule has 0 aliphatic heterocycles. The summed E-state index contributed by atoms with van der Waals surface area (Å²) < 4.78 is 11.3. The van der Waals surface area contributed by atoms with Gasteiger partial charge in [0.05, 0.1) is 6.10 Å². The van der Waals surface area contributed by atoms with Gasteiger partial charge in [-0.15, -0.1) is 0 Å². The van der Waals surface area contributed by atoms with E-state index in [1.807, 2.05) is 7.05 Å². The Morgan fingerprint density at radius 3 is 2.63 bits per heavy atom. The summed E-state index contributed by atoms with van der Waals surface area (Å²) in [5.74, 6) is 2.64. The third kappa shape index (κ3) is 5.00. The molecule has 2 rings (SSSR count). The second-order valence-corrected chi connectivity index (χ2v) is 7.62. The summed E-state index contributed by atoms with van der Waals surface area (Å²) in [5, 5.41) is 11.0. The summed E-state index contributed by atoms with van der Waals surface area (Å²) in [5.41, 5.74) is 0.199. The largest absolute Gasteiger partial charge is 0.378 e. The normalized spacial score (nSPS) is 22.0. The first kappa shape index (κ1) is 21.7. The molecule has 1 fully saturated rings. The predicted octanol–water partition coefficient (Wildman–Crippen LogP) is 3.27. The van der Waals surface area contributed by atoms with Gasteiger partial charge in [-0.2, -0.15) is 4.98 Å². The monoisotopic (exact) mass is 379 g/mol. The maximum Gasteiger partial charge on any atom is 0.226 e. The summed E-state index contributed by atoms with van der Waals surface area (Å²) in [6, 6.07) is 0.403. The van der Waals surface area contributed by atoms with Crippen molar-refractivity contribution in [2.24, 2.45) is 10.4 Å². The van der Waals surface area contributed by atoms with Gasteiger partial charge in [-0.1, -0.05) is 32.9 Å². The lowest BCUT2D eigenvalue weighted by Crippen LogP contribution is -2.65. The Bertz CT molecular complexity index is 595. The number of aliphatic imine (C=N–C) groups is 1. The van der Waals surface area contributed by atoms with Crippen LogP contribution in [0.15, 0.2) is 9.52 Å². The van der Waals surface area contributed by atoms with Crippen molar-refractivity contribution in [3.05, 3.63) is 11.7 Å². The molecule has 27 heavy (non-hydrogen) atoms. The van der Waals surface area contributed by atoms with Crippen LogP contribution >= 0.6 is 0 Å². The lowest BCUT2D eigenvalue weighted by Gasteiger charge is -2.55. The Balaban J connectivity index is 1.78. The number of nitrogens with one attached hydrogen (secondary N) is 2. The fraction of sp³-hybridized carbons (Fsp3) is 0.850. The van der Waals surface area contributed by atoms with Gasteiger partial charge in [0, 0.05) is 44.0 Å². The Labute approximate surface area is 163 Å². The summed E-state index contributed by atoms with van der Waals surface area (Å²) in [6.45, 7) is 12.3. The third-order valence-corrected chi connectivity index (χ3v) is 5.86. The number of rotatable bonds is 10. The zero-order chi connectivity index (χ0) is 19.9. The number of aromatic nitrogens is 2. The minimum Gasteiger partial charge on any atom is -0.378 e. The fourth-order valence-corrected chi connectivity index (χ4v) is 3.99. The summed E-state index contributed by atoms with van der Waals surface area (Å²) >= 11 is 0. The van der Waals surface area contributed by atoms with Crippen LogP contribution in [0.4, 0.5) is 0 Å². The van der Waals surface area contributed by atoms with E-state index in [-0.39, 0.29) is 5.41 Å². The molecule has 1 heterocycles. The second kappa shape index (κ2) is 10.1. The molecule has 2 atom stereocenters. The SMILES string of the molecule is CCOC1CC(NC(=NC)NCCCc2nc(C(C)C)no2)C1(CC)CC. The maximum atomic E-state index is 5.96. The van der Waals surface area contributed by atoms with Crippen LogP contribution in [-0.2, 0) is 11.2 Å². The Hall–Kier alpha value is -1.63. The van der Waals surface area contributed by atoms with Crippen LogP contribution in [0.25, 0.3) is 0 Å². The molecule has 7 heteroatoms. The summed E-state index contributed by atoms with van der Waals surface area (Å²) in [4.78, 5) is 8.81. The zero-order valence-electron chi connectivity index (χ0n) is 17.8. The molecule has 7 nitrogen and oxygen atoms in total. The molecule has 0 bridgehead atoms. The molecule has 1 saturated carbocycles. The van der Waals surface area contributed by atoms with E-state index < -0.39 is 0 Å². The minimum atomic E-state index is 0.199. The average Bonchev–Trinajstić information content (AvgIpc) is 3.13. The lowest BCUT2D eigenvalue weighted by molar-refractivity contribution is -0.133. The Morgan fingerprint density at radius 2 is 2.07 bits per heavy atom. The number of hydrogen-bond acceptors (Lipinski definition) is 5. The molecule has 0 spiro atoms. The van der Waals surface area contributed by atoms with E-state index >= 15 is 0 Å². The molecule has 0 amide bonds. The highest BCUT2D eigenvalue weighted by Crippen LogP contribution is 2.48. The van der Waals surface area contributed by atoms with Crippen LogP contribution in [0.2, 0.25) is 0 Å². The van der Waals surface area contributed by atoms with E-state index in [1.54, 1.807) is 0 Å². The molecule has 1 aromatic rings. The van der Waals surface area contributed by atoms with Gasteiger partial charge in [-0.3, -0.25) is 4.99 Å². The van der Waals surface area contributed by atoms with Crippen LogP contribution in [0.5, 0.6) is 0 Å². The topological polar surface area (TPSA) is 84.6 Å². The number of guanidine groups is 1. The first-order valence-corrected chi connectivity index (χ1v) is 10.4. The smallest absolute Gasteiger partial charge is 0.226 e. The van der Waals surface area contributed by atoms with E-state index in [9.17, 15) is 0 Å². The van der Waals surface area contributed by atoms with Crippen LogP contribution in [-0.4, -0.2) is 48.4 Å². The third-order valence-electron chi connectivity index (χ3n) is 5.86. The fourth-order valence-electron chi connectivity index (χ4n) is 3.99. The van der Waals surface area contributed by atoms with Gasteiger partial charge in [0.2, 0.25) is 5.89 Å². The van der Waals surface area contributed by atoms with Gasteiger partial charge < -0.3 is 19.9 Å². The molecule has 154 valence electrons. The van der Waals surface area contributed by atoms with Crippen molar-refractivity contribution in [3.63, 3.8) is 0 Å². The number of ether oxygens (including phenoxy) is 1. The van der Waals surface area contributed by atoms with Crippen LogP contribution in [0.1, 0.15) is 77.9 Å². The standard InChI is InChI=1S/C20H37N5O2/c1-7-20(8-2)15(13-16(20)26-9-3)23-19(21-6)22-12-10-11-17-24-18(14(4)5)25-27-17/h14-16H,7-13H2,1-6H3,(H2,21,22,23). The molecular weight excluding hydrogens is 342 g/mol. The quantitative estimate of drug-likeness (QED) is 0.369. The highest BCUT2D eigenvalue weighted by Gasteiger charge is 2.53. The molecule has 2 N–H and O–H groups in total. The van der Waals surface area contributed by atoms with E-state index in [4.69, 9.17) is 9.26 Å². The molecule has 1 aliphatic carbocycles. The number of nitrogens with zero attached hydrogens (tertiary/aromatic N) is 3. The van der Waals surface area contributed by atoms with Crippen molar-refractivity contribution in [3.8, 4) is 0 Å². The Morgan fingerprint density at radius 1 is 1.33 bits per heavy atom. The second-order valence-electron chi connectivity index (χ2n) is 7.62. The summed E-state index contributed by atoms with van der Waals surface area (Å²) in [7, 11) is 1.82. The van der Waals surface area contributed by atoms with Crippen molar-refractivity contribution < 1.29 is 9.26 Å². The molecule has 1 aliphatic rings. The molecule has 2 unspecified atom stereocenters. The first-order valence-electron chi connectivity index (χ1n) is 10.4. The number of hydrogen-bond donors (Lipinski definition) is 2. The van der Waals surface area contributed by atoms with Crippen LogP contribution in [0.3, 0.4) is 0 Å². The average molecular weight is 380 g/mol. The summed E-state index contributed by atoms with van der Waals surface area (Å²) in [6.07, 6.45) is 5.29.